The molecule has 0 bridgehead atoms. The van der Waals surface area contributed by atoms with E-state index >= 15 is 0 Å². The van der Waals surface area contributed by atoms with Crippen LogP contribution in [0.1, 0.15) is 75.2 Å². The van der Waals surface area contributed by atoms with Gasteiger partial charge < -0.3 is 19.2 Å². The fourth-order valence-electron chi connectivity index (χ4n) is 5.92. The molecule has 3 rings (SSSR count). The molecule has 2 aromatic carbocycles. The summed E-state index contributed by atoms with van der Waals surface area (Å²) in [5.41, 5.74) is -0.715. The van der Waals surface area contributed by atoms with E-state index < -0.39 is 38.1 Å². The number of hydrogen-bond donors (Lipinski definition) is 1. The first kappa shape index (κ1) is 34.3. The minimum absolute atomic E-state index is 0.0312. The third-order valence-electron chi connectivity index (χ3n) is 8.02. The number of amides is 3. The van der Waals surface area contributed by atoms with E-state index in [2.05, 4.69) is 50.4 Å². The van der Waals surface area contributed by atoms with Gasteiger partial charge in [0.2, 0.25) is 5.91 Å². The number of hydrogen-bond acceptors (Lipinski definition) is 6. The number of carbonyl (C=O) groups is 3. The summed E-state index contributed by atoms with van der Waals surface area (Å²) in [5, 5.41) is 5.03. The van der Waals surface area contributed by atoms with Crippen LogP contribution in [-0.2, 0) is 18.7 Å². The SMILES string of the molecule is CC[C@@H](C(=O)N1C(=O)OC[C@@H]1C(C)C)[C@H](CCO[Si](c1ccccc1)(c1ccccc1)C(C)(C)C)NC(=O)OC(C)(C)C. The van der Waals surface area contributed by atoms with Gasteiger partial charge in [-0.05, 0) is 54.9 Å². The molecule has 1 saturated heterocycles. The van der Waals surface area contributed by atoms with E-state index in [1.54, 1.807) is 20.8 Å². The highest BCUT2D eigenvalue weighted by Gasteiger charge is 2.50. The molecular weight excluding hydrogens is 560 g/mol. The highest BCUT2D eigenvalue weighted by Crippen LogP contribution is 2.37. The summed E-state index contributed by atoms with van der Waals surface area (Å²) < 4.78 is 18.0. The van der Waals surface area contributed by atoms with Gasteiger partial charge in [0.25, 0.3) is 8.32 Å². The molecule has 1 heterocycles. The van der Waals surface area contributed by atoms with Gasteiger partial charge in [-0.1, -0.05) is 102 Å². The summed E-state index contributed by atoms with van der Waals surface area (Å²) in [4.78, 5) is 41.0. The number of nitrogens with zero attached hydrogens (tertiary/aromatic N) is 1. The average Bonchev–Trinajstić information content (AvgIpc) is 3.32. The molecule has 0 radical (unpaired) electrons. The molecule has 0 aromatic heterocycles. The number of ether oxygens (including phenoxy) is 2. The van der Waals surface area contributed by atoms with Crippen molar-refractivity contribution in [3.8, 4) is 0 Å². The van der Waals surface area contributed by atoms with E-state index in [9.17, 15) is 14.4 Å². The molecule has 0 saturated carbocycles. The van der Waals surface area contributed by atoms with Gasteiger partial charge in [-0.15, -0.1) is 0 Å². The number of imide groups is 1. The minimum atomic E-state index is -2.84. The molecule has 9 heteroatoms. The Balaban J connectivity index is 1.98. The Hall–Kier alpha value is -3.17. The fourth-order valence-corrected chi connectivity index (χ4v) is 10.5. The van der Waals surface area contributed by atoms with Gasteiger partial charge >= 0.3 is 12.2 Å². The first-order chi connectivity index (χ1) is 20.1. The van der Waals surface area contributed by atoms with Crippen LogP contribution in [0.5, 0.6) is 0 Å². The van der Waals surface area contributed by atoms with Gasteiger partial charge in [0.05, 0.1) is 12.0 Å². The third kappa shape index (κ3) is 8.06. The molecule has 1 N–H and O–H groups in total. The van der Waals surface area contributed by atoms with E-state index in [4.69, 9.17) is 13.9 Å². The first-order valence-corrected chi connectivity index (χ1v) is 17.3. The Kier molecular flexibility index (Phi) is 11.2. The number of nitrogens with one attached hydrogen (secondary N) is 1. The van der Waals surface area contributed by atoms with Crippen LogP contribution in [0, 0.1) is 11.8 Å². The molecule has 43 heavy (non-hydrogen) atoms. The Morgan fingerprint density at radius 3 is 1.95 bits per heavy atom. The highest BCUT2D eigenvalue weighted by atomic mass is 28.4. The lowest BCUT2D eigenvalue weighted by molar-refractivity contribution is -0.135. The summed E-state index contributed by atoms with van der Waals surface area (Å²) in [6.07, 6.45) is -0.489. The van der Waals surface area contributed by atoms with Gasteiger partial charge in [-0.3, -0.25) is 4.79 Å². The van der Waals surface area contributed by atoms with Crippen LogP contribution in [-0.4, -0.2) is 62.2 Å². The quantitative estimate of drug-likeness (QED) is 0.320. The van der Waals surface area contributed by atoms with Crippen molar-refractivity contribution in [2.24, 2.45) is 11.8 Å². The molecule has 3 atom stereocenters. The molecule has 236 valence electrons. The molecule has 0 spiro atoms. The van der Waals surface area contributed by atoms with Crippen LogP contribution >= 0.6 is 0 Å². The lowest BCUT2D eigenvalue weighted by Gasteiger charge is -2.43. The largest absolute Gasteiger partial charge is 0.447 e. The second-order valence-electron chi connectivity index (χ2n) is 13.7. The molecular formula is C34H50N2O6Si. The first-order valence-electron chi connectivity index (χ1n) is 15.4. The van der Waals surface area contributed by atoms with Crippen LogP contribution in [0.4, 0.5) is 9.59 Å². The zero-order chi connectivity index (χ0) is 32.0. The maximum absolute atomic E-state index is 14.0. The highest BCUT2D eigenvalue weighted by molar-refractivity contribution is 6.99. The van der Waals surface area contributed by atoms with E-state index in [1.807, 2.05) is 57.2 Å². The molecule has 3 amide bonds. The molecule has 1 fully saturated rings. The van der Waals surface area contributed by atoms with Crippen LogP contribution in [0.25, 0.3) is 0 Å². The van der Waals surface area contributed by atoms with Crippen molar-refractivity contribution < 1.29 is 28.3 Å². The number of alkyl carbamates (subject to hydrolysis) is 1. The predicted octanol–water partition coefficient (Wildman–Crippen LogP) is 5.88. The second-order valence-corrected chi connectivity index (χ2v) is 18.0. The second kappa shape index (κ2) is 14.1. The number of rotatable bonds is 11. The standard InChI is InChI=1S/C34H50N2O6Si/c1-10-27(30(37)36-29(24(2)3)23-40-32(36)39)28(35-31(38)42-33(4,5)6)21-22-41-43(34(7,8)9,25-17-13-11-14-18-25)26-19-15-12-16-20-26/h11-20,24,27-29H,10,21-23H2,1-9H3,(H,35,38)/t27-,28+,29-/m1/s1. The number of cyclic esters (lactones) is 1. The maximum atomic E-state index is 14.0. The molecule has 0 aliphatic carbocycles. The Morgan fingerprint density at radius 2 is 1.51 bits per heavy atom. The lowest BCUT2D eigenvalue weighted by Crippen LogP contribution is -2.66. The topological polar surface area (TPSA) is 94.2 Å². The van der Waals surface area contributed by atoms with Crippen LogP contribution in [0.3, 0.4) is 0 Å². The Bertz CT molecular complexity index is 1180. The summed E-state index contributed by atoms with van der Waals surface area (Å²) in [6.45, 7) is 18.3. The van der Waals surface area contributed by atoms with Crippen LogP contribution in [0.2, 0.25) is 5.04 Å². The Labute approximate surface area is 258 Å². The van der Waals surface area contributed by atoms with Crippen molar-refractivity contribution in [2.45, 2.75) is 97.9 Å². The molecule has 2 aromatic rings. The normalized spacial score (nSPS) is 17.4. The minimum Gasteiger partial charge on any atom is -0.447 e. The van der Waals surface area contributed by atoms with Crippen molar-refractivity contribution >= 4 is 36.8 Å². The number of carbonyl (C=O) groups excluding carboxylic acids is 3. The van der Waals surface area contributed by atoms with E-state index in [0.29, 0.717) is 12.8 Å². The smallest absolute Gasteiger partial charge is 0.416 e. The van der Waals surface area contributed by atoms with Crippen molar-refractivity contribution in [1.82, 2.24) is 10.2 Å². The van der Waals surface area contributed by atoms with Crippen LogP contribution < -0.4 is 15.7 Å². The van der Waals surface area contributed by atoms with E-state index in [0.717, 1.165) is 10.4 Å². The zero-order valence-electron chi connectivity index (χ0n) is 27.3. The van der Waals surface area contributed by atoms with Gasteiger partial charge in [0.15, 0.2) is 0 Å². The monoisotopic (exact) mass is 610 g/mol. The fraction of sp³-hybridized carbons (Fsp3) is 0.559. The third-order valence-corrected chi connectivity index (χ3v) is 13.1. The maximum Gasteiger partial charge on any atom is 0.416 e. The van der Waals surface area contributed by atoms with Gasteiger partial charge in [-0.25, -0.2) is 14.5 Å². The predicted molar refractivity (Wildman–Crippen MR) is 172 cm³/mol. The summed E-state index contributed by atoms with van der Waals surface area (Å²) in [5.74, 6) is -0.999. The van der Waals surface area contributed by atoms with Gasteiger partial charge in [0, 0.05) is 12.6 Å². The van der Waals surface area contributed by atoms with E-state index in [-0.39, 0.29) is 36.1 Å². The summed E-state index contributed by atoms with van der Waals surface area (Å²) >= 11 is 0. The van der Waals surface area contributed by atoms with E-state index in [1.165, 1.54) is 4.90 Å². The Morgan fingerprint density at radius 1 is 0.977 bits per heavy atom. The van der Waals surface area contributed by atoms with Crippen molar-refractivity contribution in [3.05, 3.63) is 60.7 Å². The van der Waals surface area contributed by atoms with Crippen molar-refractivity contribution in [3.63, 3.8) is 0 Å². The molecule has 8 nitrogen and oxygen atoms in total. The van der Waals surface area contributed by atoms with Crippen molar-refractivity contribution in [2.75, 3.05) is 13.2 Å². The van der Waals surface area contributed by atoms with Crippen LogP contribution in [0.15, 0.2) is 60.7 Å². The zero-order valence-corrected chi connectivity index (χ0v) is 28.3. The molecule has 1 aliphatic rings. The van der Waals surface area contributed by atoms with Gasteiger partial charge in [0.1, 0.15) is 12.2 Å². The average molecular weight is 611 g/mol. The van der Waals surface area contributed by atoms with Gasteiger partial charge in [-0.2, -0.15) is 0 Å². The summed E-state index contributed by atoms with van der Waals surface area (Å²) in [6, 6.07) is 19.7. The number of benzene rings is 2. The lowest BCUT2D eigenvalue weighted by atomic mass is 9.91. The summed E-state index contributed by atoms with van der Waals surface area (Å²) in [7, 11) is -2.84. The van der Waals surface area contributed by atoms with Crippen molar-refractivity contribution in [1.29, 1.82) is 0 Å². The molecule has 1 aliphatic heterocycles. The molecule has 0 unspecified atom stereocenters.